The van der Waals surface area contributed by atoms with E-state index >= 15 is 0 Å². The zero-order chi connectivity index (χ0) is 21.8. The molecular weight excluding hydrogens is 384 g/mol. The predicted molar refractivity (Wildman–Crippen MR) is 125 cm³/mol. The van der Waals surface area contributed by atoms with E-state index in [1.165, 1.54) is 11.1 Å². The summed E-state index contributed by atoms with van der Waals surface area (Å²) in [5.74, 6) is 0.701. The van der Waals surface area contributed by atoms with Crippen LogP contribution in [0.4, 0.5) is 0 Å². The fraction of sp³-hybridized carbons (Fsp3) is 0.462. The van der Waals surface area contributed by atoms with Crippen molar-refractivity contribution >= 4 is 5.91 Å². The van der Waals surface area contributed by atoms with Gasteiger partial charge in [0, 0.05) is 31.4 Å². The van der Waals surface area contributed by atoms with Crippen LogP contribution in [-0.2, 0) is 19.6 Å². The molecule has 164 valence electrons. The molecule has 1 saturated heterocycles. The van der Waals surface area contributed by atoms with E-state index in [4.69, 9.17) is 0 Å². The number of rotatable bonds is 9. The largest absolute Gasteiger partial charge is 0.328 e. The summed E-state index contributed by atoms with van der Waals surface area (Å²) in [6, 6.07) is 8.70. The second-order valence-electron chi connectivity index (χ2n) is 8.73. The number of piperidine rings is 1. The van der Waals surface area contributed by atoms with Crippen molar-refractivity contribution in [3.63, 3.8) is 0 Å². The van der Waals surface area contributed by atoms with Gasteiger partial charge in [0.25, 0.3) is 5.91 Å². The number of likely N-dealkylation sites (tertiary alicyclic amines) is 1. The van der Waals surface area contributed by atoms with Gasteiger partial charge < -0.3 is 4.90 Å². The van der Waals surface area contributed by atoms with E-state index < -0.39 is 0 Å². The SMILES string of the molecule is C=CCCC(C=C)N1Cc2cc(C3CCN(Cc4ccn(CC)n4)CC3)ccc2C1=O. The summed E-state index contributed by atoms with van der Waals surface area (Å²) in [7, 11) is 0. The average molecular weight is 419 g/mol. The number of carbonyl (C=O) groups excluding carboxylic acids is 1. The first kappa shape index (κ1) is 21.6. The highest BCUT2D eigenvalue weighted by atomic mass is 16.2. The summed E-state index contributed by atoms with van der Waals surface area (Å²) in [6.45, 7) is 14.6. The van der Waals surface area contributed by atoms with Crippen LogP contribution in [0.15, 0.2) is 55.8 Å². The van der Waals surface area contributed by atoms with E-state index in [1.807, 2.05) is 27.8 Å². The van der Waals surface area contributed by atoms with Crippen molar-refractivity contribution < 1.29 is 4.79 Å². The normalized spacial score (nSPS) is 18.2. The van der Waals surface area contributed by atoms with Gasteiger partial charge in [-0.25, -0.2) is 0 Å². The number of fused-ring (bicyclic) bond motifs is 1. The Morgan fingerprint density at radius 1 is 1.23 bits per heavy atom. The third kappa shape index (κ3) is 4.67. The van der Waals surface area contributed by atoms with E-state index in [0.717, 1.165) is 63.1 Å². The maximum absolute atomic E-state index is 12.9. The van der Waals surface area contributed by atoms with Crippen LogP contribution in [0, 0.1) is 0 Å². The first-order valence-corrected chi connectivity index (χ1v) is 11.5. The molecule has 1 fully saturated rings. The molecule has 3 heterocycles. The zero-order valence-corrected chi connectivity index (χ0v) is 18.7. The summed E-state index contributed by atoms with van der Waals surface area (Å²) >= 11 is 0. The van der Waals surface area contributed by atoms with Crippen LogP contribution in [0.3, 0.4) is 0 Å². The molecule has 5 nitrogen and oxygen atoms in total. The molecule has 5 heteroatoms. The number of carbonyl (C=O) groups is 1. The van der Waals surface area contributed by atoms with Crippen LogP contribution in [0.5, 0.6) is 0 Å². The molecule has 2 aliphatic rings. The number of aryl methyl sites for hydroxylation is 1. The summed E-state index contributed by atoms with van der Waals surface area (Å²) in [5, 5.41) is 4.62. The van der Waals surface area contributed by atoms with Crippen LogP contribution < -0.4 is 0 Å². The predicted octanol–water partition coefficient (Wildman–Crippen LogP) is 4.76. The molecule has 4 rings (SSSR count). The van der Waals surface area contributed by atoms with E-state index in [2.05, 4.69) is 54.5 Å². The number of aromatic nitrogens is 2. The van der Waals surface area contributed by atoms with Crippen molar-refractivity contribution in [1.82, 2.24) is 19.6 Å². The lowest BCUT2D eigenvalue weighted by Crippen LogP contribution is -2.33. The van der Waals surface area contributed by atoms with Gasteiger partial charge in [0.05, 0.1) is 11.7 Å². The van der Waals surface area contributed by atoms with Crippen LogP contribution >= 0.6 is 0 Å². The monoisotopic (exact) mass is 418 g/mol. The number of hydrogen-bond acceptors (Lipinski definition) is 3. The Morgan fingerprint density at radius 3 is 2.71 bits per heavy atom. The van der Waals surface area contributed by atoms with Gasteiger partial charge in [0.2, 0.25) is 0 Å². The Bertz CT molecular complexity index is 939. The van der Waals surface area contributed by atoms with Crippen molar-refractivity contribution in [2.75, 3.05) is 13.1 Å². The van der Waals surface area contributed by atoms with Gasteiger partial charge in [-0.05, 0) is 74.9 Å². The number of hydrogen-bond donors (Lipinski definition) is 0. The molecule has 1 atom stereocenters. The highest BCUT2D eigenvalue weighted by Gasteiger charge is 2.32. The summed E-state index contributed by atoms with van der Waals surface area (Å²) in [4.78, 5) is 17.4. The molecule has 0 saturated carbocycles. The van der Waals surface area contributed by atoms with Gasteiger partial charge in [-0.3, -0.25) is 14.4 Å². The fourth-order valence-corrected chi connectivity index (χ4v) is 4.89. The van der Waals surface area contributed by atoms with Gasteiger partial charge in [-0.1, -0.05) is 24.3 Å². The minimum atomic E-state index is 0.0702. The van der Waals surface area contributed by atoms with Crippen LogP contribution in [0.25, 0.3) is 0 Å². The van der Waals surface area contributed by atoms with Crippen LogP contribution in [0.2, 0.25) is 0 Å². The van der Waals surface area contributed by atoms with Gasteiger partial charge in [0.1, 0.15) is 0 Å². The minimum Gasteiger partial charge on any atom is -0.328 e. The number of amides is 1. The second kappa shape index (κ2) is 9.65. The highest BCUT2D eigenvalue weighted by Crippen LogP contribution is 2.33. The topological polar surface area (TPSA) is 41.4 Å². The van der Waals surface area contributed by atoms with Crippen molar-refractivity contribution in [2.24, 2.45) is 0 Å². The number of nitrogens with zero attached hydrogens (tertiary/aromatic N) is 4. The van der Waals surface area contributed by atoms with E-state index in [1.54, 1.807) is 0 Å². The molecule has 2 aliphatic heterocycles. The highest BCUT2D eigenvalue weighted by molar-refractivity contribution is 5.98. The fourth-order valence-electron chi connectivity index (χ4n) is 4.89. The van der Waals surface area contributed by atoms with Gasteiger partial charge in [-0.15, -0.1) is 13.2 Å². The second-order valence-corrected chi connectivity index (χ2v) is 8.73. The van der Waals surface area contributed by atoms with Gasteiger partial charge in [-0.2, -0.15) is 5.10 Å². The Kier molecular flexibility index (Phi) is 6.71. The third-order valence-electron chi connectivity index (χ3n) is 6.76. The lowest BCUT2D eigenvalue weighted by atomic mass is 9.88. The molecule has 31 heavy (non-hydrogen) atoms. The maximum Gasteiger partial charge on any atom is 0.254 e. The third-order valence-corrected chi connectivity index (χ3v) is 6.76. The molecule has 0 aliphatic carbocycles. The van der Waals surface area contributed by atoms with Crippen LogP contribution in [-0.4, -0.2) is 44.6 Å². The van der Waals surface area contributed by atoms with Crippen LogP contribution in [0.1, 0.15) is 65.7 Å². The van der Waals surface area contributed by atoms with Crippen molar-refractivity contribution in [1.29, 1.82) is 0 Å². The Morgan fingerprint density at radius 2 is 2.03 bits per heavy atom. The molecule has 0 bridgehead atoms. The first-order valence-electron chi connectivity index (χ1n) is 11.5. The summed E-state index contributed by atoms with van der Waals surface area (Å²) in [6.07, 6.45) is 9.94. The van der Waals surface area contributed by atoms with Gasteiger partial charge >= 0.3 is 0 Å². The summed E-state index contributed by atoms with van der Waals surface area (Å²) < 4.78 is 1.99. The lowest BCUT2D eigenvalue weighted by molar-refractivity contribution is 0.0732. The van der Waals surface area contributed by atoms with Crippen molar-refractivity contribution in [2.45, 2.75) is 64.2 Å². The minimum absolute atomic E-state index is 0.0702. The average Bonchev–Trinajstić information content (AvgIpc) is 3.39. The van der Waals surface area contributed by atoms with Gasteiger partial charge in [0.15, 0.2) is 0 Å². The number of benzene rings is 1. The smallest absolute Gasteiger partial charge is 0.254 e. The van der Waals surface area contributed by atoms with Crippen molar-refractivity contribution in [3.05, 3.63) is 78.2 Å². The quantitative estimate of drug-likeness (QED) is 0.552. The lowest BCUT2D eigenvalue weighted by Gasteiger charge is -2.31. The standard InChI is InChI=1S/C26H34N4O/c1-4-7-8-24(5-2)30-18-22-17-21(9-10-25(22)26(30)31)20-11-14-28(15-12-20)19-23-13-16-29(6-3)27-23/h4-5,9-10,13,16-17,20,24H,1-2,6-8,11-12,14-15,18-19H2,3H3. The molecule has 0 radical (unpaired) electrons. The molecular formula is C26H34N4O. The van der Waals surface area contributed by atoms with E-state index in [-0.39, 0.29) is 11.9 Å². The molecule has 1 unspecified atom stereocenters. The molecule has 0 N–H and O–H groups in total. The molecule has 1 aromatic heterocycles. The maximum atomic E-state index is 12.9. The molecule has 2 aromatic rings. The zero-order valence-electron chi connectivity index (χ0n) is 18.7. The Hall–Kier alpha value is -2.66. The molecule has 1 aromatic carbocycles. The first-order chi connectivity index (χ1) is 15.1. The summed E-state index contributed by atoms with van der Waals surface area (Å²) in [5.41, 5.74) is 4.56. The molecule has 0 spiro atoms. The van der Waals surface area contributed by atoms with E-state index in [9.17, 15) is 4.79 Å². The van der Waals surface area contributed by atoms with Crippen molar-refractivity contribution in [3.8, 4) is 0 Å². The Labute approximate surface area is 186 Å². The Balaban J connectivity index is 1.37. The number of allylic oxidation sites excluding steroid dienone is 1. The molecule has 1 amide bonds. The van der Waals surface area contributed by atoms with E-state index in [0.29, 0.717) is 12.5 Å².